The average molecular weight is 245 g/mol. The van der Waals surface area contributed by atoms with Gasteiger partial charge in [-0.15, -0.1) is 0 Å². The van der Waals surface area contributed by atoms with Crippen molar-refractivity contribution < 1.29 is 9.59 Å². The summed E-state index contributed by atoms with van der Waals surface area (Å²) in [5, 5.41) is 3.10. The minimum Gasteiger partial charge on any atom is -0.370 e. The van der Waals surface area contributed by atoms with Gasteiger partial charge >= 0.3 is 0 Å². The Kier molecular flexibility index (Phi) is 2.54. The Balaban J connectivity index is 1.69. The van der Waals surface area contributed by atoms with Gasteiger partial charge in [0, 0.05) is 12.7 Å². The van der Waals surface area contributed by atoms with E-state index in [0.29, 0.717) is 6.54 Å². The number of likely N-dealkylation sites (tertiary alicyclic amines) is 1. The van der Waals surface area contributed by atoms with Crippen molar-refractivity contribution in [3.8, 4) is 0 Å². The van der Waals surface area contributed by atoms with Gasteiger partial charge in [-0.1, -0.05) is 6.07 Å². The number of aromatic nitrogens is 1. The molecule has 2 fully saturated rings. The molecule has 2 unspecified atom stereocenters. The zero-order valence-corrected chi connectivity index (χ0v) is 10.2. The van der Waals surface area contributed by atoms with Crippen LogP contribution in [0.5, 0.6) is 0 Å². The van der Waals surface area contributed by atoms with Crippen molar-refractivity contribution in [2.24, 2.45) is 11.8 Å². The number of anilines is 1. The molecule has 1 saturated heterocycles. The molecule has 3 rings (SSSR count). The van der Waals surface area contributed by atoms with Gasteiger partial charge in [0.05, 0.1) is 18.4 Å². The molecule has 0 spiro atoms. The molecule has 0 bridgehead atoms. The Hall–Kier alpha value is -1.91. The van der Waals surface area contributed by atoms with E-state index in [2.05, 4.69) is 10.3 Å². The smallest absolute Gasteiger partial charge is 0.233 e. The quantitative estimate of drug-likeness (QED) is 0.804. The first-order valence-corrected chi connectivity index (χ1v) is 6.24. The summed E-state index contributed by atoms with van der Waals surface area (Å²) in [5.74, 6) is 0.739. The van der Waals surface area contributed by atoms with Crippen LogP contribution in [-0.4, -0.2) is 28.2 Å². The lowest BCUT2D eigenvalue weighted by molar-refractivity contribution is -0.142. The van der Waals surface area contributed by atoms with E-state index in [4.69, 9.17) is 0 Å². The van der Waals surface area contributed by atoms with Crippen LogP contribution < -0.4 is 5.32 Å². The van der Waals surface area contributed by atoms with E-state index in [9.17, 15) is 9.59 Å². The molecule has 1 aromatic rings. The molecule has 1 aliphatic carbocycles. The van der Waals surface area contributed by atoms with Gasteiger partial charge in [-0.25, -0.2) is 4.98 Å². The van der Waals surface area contributed by atoms with Crippen molar-refractivity contribution in [3.63, 3.8) is 0 Å². The number of rotatable bonds is 4. The number of nitrogens with zero attached hydrogens (tertiary/aromatic N) is 2. The Morgan fingerprint density at radius 1 is 1.33 bits per heavy atom. The van der Waals surface area contributed by atoms with Crippen molar-refractivity contribution in [2.45, 2.75) is 19.9 Å². The predicted molar refractivity (Wildman–Crippen MR) is 65.6 cm³/mol. The van der Waals surface area contributed by atoms with Crippen LogP contribution in [-0.2, 0) is 16.1 Å². The van der Waals surface area contributed by atoms with Crippen LogP contribution in [0.25, 0.3) is 0 Å². The lowest BCUT2D eigenvalue weighted by Crippen LogP contribution is -2.32. The number of piperidine rings is 1. The van der Waals surface area contributed by atoms with Gasteiger partial charge < -0.3 is 5.32 Å². The molecule has 2 aliphatic rings. The Morgan fingerprint density at radius 3 is 2.61 bits per heavy atom. The van der Waals surface area contributed by atoms with Crippen LogP contribution in [0.3, 0.4) is 0 Å². The maximum absolute atomic E-state index is 11.8. The zero-order chi connectivity index (χ0) is 12.7. The number of pyridine rings is 1. The first-order valence-electron chi connectivity index (χ1n) is 6.24. The van der Waals surface area contributed by atoms with Crippen molar-refractivity contribution in [3.05, 3.63) is 23.9 Å². The number of imide groups is 1. The molecule has 94 valence electrons. The second-order valence-corrected chi connectivity index (χ2v) is 4.79. The van der Waals surface area contributed by atoms with Crippen molar-refractivity contribution in [1.29, 1.82) is 0 Å². The highest BCUT2D eigenvalue weighted by Crippen LogP contribution is 2.47. The van der Waals surface area contributed by atoms with E-state index >= 15 is 0 Å². The maximum Gasteiger partial charge on any atom is 0.233 e. The summed E-state index contributed by atoms with van der Waals surface area (Å²) in [7, 11) is 0. The topological polar surface area (TPSA) is 62.3 Å². The largest absolute Gasteiger partial charge is 0.370 e. The second kappa shape index (κ2) is 4.08. The van der Waals surface area contributed by atoms with E-state index < -0.39 is 0 Å². The molecule has 0 aromatic carbocycles. The highest BCUT2D eigenvalue weighted by Gasteiger charge is 2.58. The number of amides is 2. The van der Waals surface area contributed by atoms with Gasteiger partial charge in [0.1, 0.15) is 5.82 Å². The molecule has 2 amide bonds. The minimum atomic E-state index is -0.0218. The van der Waals surface area contributed by atoms with E-state index in [1.54, 1.807) is 6.20 Å². The first-order chi connectivity index (χ1) is 8.70. The Morgan fingerprint density at radius 2 is 2.06 bits per heavy atom. The zero-order valence-electron chi connectivity index (χ0n) is 10.2. The highest BCUT2D eigenvalue weighted by atomic mass is 16.2. The standard InChI is InChI=1S/C13H15N3O2/c1-2-14-11-4-3-8(6-15-11)7-16-12(17)9-5-10(9)13(16)18/h3-4,6,9-10H,2,5,7H2,1H3,(H,14,15). The van der Waals surface area contributed by atoms with Gasteiger partial charge in [-0.05, 0) is 25.0 Å². The molecule has 1 saturated carbocycles. The van der Waals surface area contributed by atoms with Crippen molar-refractivity contribution >= 4 is 17.6 Å². The molecule has 2 heterocycles. The number of hydrogen-bond donors (Lipinski definition) is 1. The van der Waals surface area contributed by atoms with Crippen LogP contribution in [0.2, 0.25) is 0 Å². The summed E-state index contributed by atoms with van der Waals surface area (Å²) in [4.78, 5) is 29.2. The van der Waals surface area contributed by atoms with E-state index in [-0.39, 0.29) is 23.7 Å². The molecule has 0 radical (unpaired) electrons. The summed E-state index contributed by atoms with van der Waals surface area (Å²) in [6.45, 7) is 3.17. The summed E-state index contributed by atoms with van der Waals surface area (Å²) in [5.41, 5.74) is 0.889. The van der Waals surface area contributed by atoms with Crippen LogP contribution in [0, 0.1) is 11.8 Å². The van der Waals surface area contributed by atoms with E-state index in [1.165, 1.54) is 4.90 Å². The third-order valence-electron chi connectivity index (χ3n) is 3.48. The fraction of sp³-hybridized carbons (Fsp3) is 0.462. The second-order valence-electron chi connectivity index (χ2n) is 4.79. The van der Waals surface area contributed by atoms with Crippen LogP contribution in [0.1, 0.15) is 18.9 Å². The number of fused-ring (bicyclic) bond motifs is 1. The third kappa shape index (κ3) is 1.75. The molecule has 5 nitrogen and oxygen atoms in total. The number of nitrogens with one attached hydrogen (secondary N) is 1. The molecule has 1 aromatic heterocycles. The van der Waals surface area contributed by atoms with Crippen LogP contribution >= 0.6 is 0 Å². The molecule has 5 heteroatoms. The number of hydrogen-bond acceptors (Lipinski definition) is 4. The summed E-state index contributed by atoms with van der Waals surface area (Å²) in [6.07, 6.45) is 2.47. The Bertz CT molecular complexity index is 477. The molecule has 2 atom stereocenters. The number of carbonyl (C=O) groups is 2. The molecular formula is C13H15N3O2. The molecule has 18 heavy (non-hydrogen) atoms. The Labute approximate surface area is 105 Å². The number of carbonyl (C=O) groups excluding carboxylic acids is 2. The van der Waals surface area contributed by atoms with E-state index in [0.717, 1.165) is 24.3 Å². The monoisotopic (exact) mass is 245 g/mol. The SMILES string of the molecule is CCNc1ccc(CN2C(=O)C3CC3C2=O)cn1. The predicted octanol–water partition coefficient (Wildman–Crippen LogP) is 1.02. The molecular weight excluding hydrogens is 230 g/mol. The van der Waals surface area contributed by atoms with E-state index in [1.807, 2.05) is 19.1 Å². The molecule has 1 aliphatic heterocycles. The lowest BCUT2D eigenvalue weighted by Gasteiger charge is -2.16. The van der Waals surface area contributed by atoms with Crippen LogP contribution in [0.15, 0.2) is 18.3 Å². The molecule has 1 N–H and O–H groups in total. The fourth-order valence-electron chi connectivity index (χ4n) is 2.39. The summed E-state index contributed by atoms with van der Waals surface area (Å²) in [6, 6.07) is 3.76. The maximum atomic E-state index is 11.8. The summed E-state index contributed by atoms with van der Waals surface area (Å²) < 4.78 is 0. The van der Waals surface area contributed by atoms with Gasteiger partial charge in [0.25, 0.3) is 0 Å². The lowest BCUT2D eigenvalue weighted by atomic mass is 10.2. The highest BCUT2D eigenvalue weighted by molar-refractivity contribution is 6.08. The van der Waals surface area contributed by atoms with Crippen molar-refractivity contribution in [2.75, 3.05) is 11.9 Å². The van der Waals surface area contributed by atoms with Gasteiger partial charge in [-0.2, -0.15) is 0 Å². The average Bonchev–Trinajstić information content (AvgIpc) is 3.12. The van der Waals surface area contributed by atoms with Gasteiger partial charge in [0.2, 0.25) is 11.8 Å². The van der Waals surface area contributed by atoms with Gasteiger partial charge in [-0.3, -0.25) is 14.5 Å². The fourth-order valence-corrected chi connectivity index (χ4v) is 2.39. The van der Waals surface area contributed by atoms with Gasteiger partial charge in [0.15, 0.2) is 0 Å². The van der Waals surface area contributed by atoms with Crippen molar-refractivity contribution in [1.82, 2.24) is 9.88 Å². The van der Waals surface area contributed by atoms with Crippen LogP contribution in [0.4, 0.5) is 5.82 Å². The summed E-state index contributed by atoms with van der Waals surface area (Å²) >= 11 is 0. The minimum absolute atomic E-state index is 0.0132. The third-order valence-corrected chi connectivity index (χ3v) is 3.48. The first kappa shape index (κ1) is 11.2. The normalized spacial score (nSPS) is 25.3.